The molecule has 5 nitrogen and oxygen atoms in total. The molecule has 4 rings (SSSR count). The molecule has 26 heavy (non-hydrogen) atoms. The Labute approximate surface area is 152 Å². The lowest BCUT2D eigenvalue weighted by molar-refractivity contribution is -0.132. The third-order valence-corrected chi connectivity index (χ3v) is 5.46. The van der Waals surface area contributed by atoms with Crippen LogP contribution in [0.25, 0.3) is 11.0 Å². The minimum absolute atomic E-state index is 0.0231. The molecule has 2 aromatic carbocycles. The highest BCUT2D eigenvalue weighted by Gasteiger charge is 2.24. The number of piperidine rings is 1. The summed E-state index contributed by atoms with van der Waals surface area (Å²) in [7, 11) is 1.75. The SMILES string of the molecule is Cn1c(=O)n(CC(=O)N2CCC(c3ccccc3)CC2)c2ccccc21. The number of carbonyl (C=O) groups excluding carboxylic acids is 1. The number of carbonyl (C=O) groups is 1. The van der Waals surface area contributed by atoms with Gasteiger partial charge in [-0.05, 0) is 36.5 Å². The van der Waals surface area contributed by atoms with Gasteiger partial charge >= 0.3 is 5.69 Å². The fourth-order valence-electron chi connectivity index (χ4n) is 3.94. The number of amides is 1. The monoisotopic (exact) mass is 349 g/mol. The molecule has 1 saturated heterocycles. The predicted molar refractivity (Wildman–Crippen MR) is 102 cm³/mol. The van der Waals surface area contributed by atoms with Crippen LogP contribution in [0.1, 0.15) is 24.3 Å². The largest absolute Gasteiger partial charge is 0.341 e. The fraction of sp³-hybridized carbons (Fsp3) is 0.333. The van der Waals surface area contributed by atoms with Crippen molar-refractivity contribution in [3.8, 4) is 0 Å². The first-order valence-electron chi connectivity index (χ1n) is 9.12. The van der Waals surface area contributed by atoms with Crippen LogP contribution in [0.15, 0.2) is 59.4 Å². The van der Waals surface area contributed by atoms with Gasteiger partial charge in [0.1, 0.15) is 6.54 Å². The molecule has 0 spiro atoms. The van der Waals surface area contributed by atoms with Crippen molar-refractivity contribution in [2.24, 2.45) is 7.05 Å². The van der Waals surface area contributed by atoms with Crippen LogP contribution in [0.3, 0.4) is 0 Å². The Hall–Kier alpha value is -2.82. The second-order valence-electron chi connectivity index (χ2n) is 6.98. The molecule has 134 valence electrons. The van der Waals surface area contributed by atoms with Crippen LogP contribution in [-0.2, 0) is 18.4 Å². The van der Waals surface area contributed by atoms with Crippen molar-refractivity contribution in [3.05, 3.63) is 70.6 Å². The first-order chi connectivity index (χ1) is 12.6. The van der Waals surface area contributed by atoms with E-state index < -0.39 is 0 Å². The van der Waals surface area contributed by atoms with Crippen LogP contribution in [0, 0.1) is 0 Å². The van der Waals surface area contributed by atoms with E-state index in [1.54, 1.807) is 16.2 Å². The third kappa shape index (κ3) is 2.94. The van der Waals surface area contributed by atoms with Crippen LogP contribution in [0.4, 0.5) is 0 Å². The van der Waals surface area contributed by atoms with Gasteiger partial charge < -0.3 is 4.90 Å². The first-order valence-corrected chi connectivity index (χ1v) is 9.12. The third-order valence-electron chi connectivity index (χ3n) is 5.46. The van der Waals surface area contributed by atoms with Gasteiger partial charge in [0, 0.05) is 20.1 Å². The predicted octanol–water partition coefficient (Wildman–Crippen LogP) is 2.75. The van der Waals surface area contributed by atoms with Gasteiger partial charge in [-0.25, -0.2) is 4.79 Å². The van der Waals surface area contributed by atoms with Gasteiger partial charge in [0.2, 0.25) is 5.91 Å². The molecule has 3 aromatic rings. The summed E-state index contributed by atoms with van der Waals surface area (Å²) < 4.78 is 3.19. The fourth-order valence-corrected chi connectivity index (χ4v) is 3.94. The lowest BCUT2D eigenvalue weighted by atomic mass is 9.89. The van der Waals surface area contributed by atoms with Gasteiger partial charge in [-0.3, -0.25) is 13.9 Å². The molecule has 1 aliphatic rings. The van der Waals surface area contributed by atoms with Crippen molar-refractivity contribution in [2.45, 2.75) is 25.3 Å². The summed E-state index contributed by atoms with van der Waals surface area (Å²) >= 11 is 0. The second-order valence-corrected chi connectivity index (χ2v) is 6.98. The quantitative estimate of drug-likeness (QED) is 0.730. The van der Waals surface area contributed by atoms with Crippen LogP contribution < -0.4 is 5.69 Å². The number of rotatable bonds is 3. The molecule has 0 unspecified atom stereocenters. The van der Waals surface area contributed by atoms with E-state index in [-0.39, 0.29) is 18.1 Å². The average Bonchev–Trinajstić information content (AvgIpc) is 2.94. The molecule has 0 aliphatic carbocycles. The van der Waals surface area contributed by atoms with E-state index in [9.17, 15) is 9.59 Å². The van der Waals surface area contributed by atoms with E-state index in [0.29, 0.717) is 5.92 Å². The summed E-state index contributed by atoms with van der Waals surface area (Å²) in [4.78, 5) is 27.2. The number of fused-ring (bicyclic) bond motifs is 1. The molecule has 1 aromatic heterocycles. The van der Waals surface area contributed by atoms with Crippen LogP contribution in [0.5, 0.6) is 0 Å². The average molecular weight is 349 g/mol. The number of likely N-dealkylation sites (tertiary alicyclic amines) is 1. The van der Waals surface area contributed by atoms with E-state index >= 15 is 0 Å². The van der Waals surface area contributed by atoms with Gasteiger partial charge in [0.05, 0.1) is 11.0 Å². The Kier molecular flexibility index (Phi) is 4.37. The molecular formula is C21H23N3O2. The number of imidazole rings is 1. The highest BCUT2D eigenvalue weighted by Crippen LogP contribution is 2.27. The molecule has 1 aliphatic heterocycles. The number of para-hydroxylation sites is 2. The minimum atomic E-state index is -0.140. The zero-order valence-corrected chi connectivity index (χ0v) is 15.0. The van der Waals surface area contributed by atoms with Crippen molar-refractivity contribution in [1.82, 2.24) is 14.0 Å². The van der Waals surface area contributed by atoms with Crippen LogP contribution in [0.2, 0.25) is 0 Å². The second kappa shape index (κ2) is 6.83. The minimum Gasteiger partial charge on any atom is -0.341 e. The molecule has 0 atom stereocenters. The van der Waals surface area contributed by atoms with Gasteiger partial charge in [0.25, 0.3) is 0 Å². The van der Waals surface area contributed by atoms with Crippen molar-refractivity contribution < 1.29 is 4.79 Å². The number of nitrogens with zero attached hydrogens (tertiary/aromatic N) is 3. The summed E-state index contributed by atoms with van der Waals surface area (Å²) in [6.07, 6.45) is 1.94. The number of aromatic nitrogens is 2. The van der Waals surface area contributed by atoms with E-state index in [2.05, 4.69) is 24.3 Å². The zero-order chi connectivity index (χ0) is 18.1. The molecule has 1 fully saturated rings. The van der Waals surface area contributed by atoms with E-state index in [4.69, 9.17) is 0 Å². The number of benzene rings is 2. The molecule has 0 bridgehead atoms. The molecular weight excluding hydrogens is 326 g/mol. The first kappa shape index (κ1) is 16.6. The smallest absolute Gasteiger partial charge is 0.329 e. The number of hydrogen-bond acceptors (Lipinski definition) is 2. The summed E-state index contributed by atoms with van der Waals surface area (Å²) in [5.74, 6) is 0.537. The molecule has 2 heterocycles. The molecule has 0 radical (unpaired) electrons. The normalized spacial score (nSPS) is 15.5. The Morgan fingerprint density at radius 3 is 2.27 bits per heavy atom. The highest BCUT2D eigenvalue weighted by atomic mass is 16.2. The Bertz CT molecular complexity index is 979. The topological polar surface area (TPSA) is 47.2 Å². The Morgan fingerprint density at radius 1 is 0.962 bits per heavy atom. The highest BCUT2D eigenvalue weighted by molar-refractivity contribution is 5.81. The lowest BCUT2D eigenvalue weighted by Crippen LogP contribution is -2.41. The van der Waals surface area contributed by atoms with E-state index in [0.717, 1.165) is 37.0 Å². The maximum atomic E-state index is 12.8. The maximum absolute atomic E-state index is 12.8. The molecule has 1 amide bonds. The van der Waals surface area contributed by atoms with Gasteiger partial charge in [-0.1, -0.05) is 42.5 Å². The number of hydrogen-bond donors (Lipinski definition) is 0. The maximum Gasteiger partial charge on any atom is 0.329 e. The zero-order valence-electron chi connectivity index (χ0n) is 15.0. The van der Waals surface area contributed by atoms with Gasteiger partial charge in [-0.2, -0.15) is 0 Å². The Balaban J connectivity index is 1.47. The van der Waals surface area contributed by atoms with E-state index in [1.807, 2.05) is 35.2 Å². The lowest BCUT2D eigenvalue weighted by Gasteiger charge is -2.32. The summed E-state index contributed by atoms with van der Waals surface area (Å²) in [6.45, 7) is 1.60. The summed E-state index contributed by atoms with van der Waals surface area (Å²) in [5, 5.41) is 0. The number of aryl methyl sites for hydroxylation is 1. The molecule has 0 N–H and O–H groups in total. The van der Waals surface area contributed by atoms with Gasteiger partial charge in [-0.15, -0.1) is 0 Å². The van der Waals surface area contributed by atoms with Gasteiger partial charge in [0.15, 0.2) is 0 Å². The van der Waals surface area contributed by atoms with E-state index in [1.165, 1.54) is 5.56 Å². The van der Waals surface area contributed by atoms with Crippen molar-refractivity contribution in [2.75, 3.05) is 13.1 Å². The summed E-state index contributed by atoms with van der Waals surface area (Å²) in [6, 6.07) is 18.1. The standard InChI is InChI=1S/C21H23N3O2/c1-22-18-9-5-6-10-19(18)24(21(22)26)15-20(25)23-13-11-17(12-14-23)16-7-3-2-4-8-16/h2-10,17H,11-15H2,1H3. The van der Waals surface area contributed by atoms with Crippen LogP contribution in [-0.4, -0.2) is 33.0 Å². The van der Waals surface area contributed by atoms with Crippen LogP contribution >= 0.6 is 0 Å². The summed E-state index contributed by atoms with van der Waals surface area (Å²) in [5.41, 5.74) is 2.88. The molecule has 0 saturated carbocycles. The van der Waals surface area contributed by atoms with Crippen molar-refractivity contribution in [3.63, 3.8) is 0 Å². The molecule has 5 heteroatoms. The van der Waals surface area contributed by atoms with Crippen molar-refractivity contribution >= 4 is 16.9 Å². The Morgan fingerprint density at radius 2 is 1.58 bits per heavy atom. The van der Waals surface area contributed by atoms with Crippen molar-refractivity contribution in [1.29, 1.82) is 0 Å².